The van der Waals surface area contributed by atoms with Gasteiger partial charge in [-0.2, -0.15) is 0 Å². The van der Waals surface area contributed by atoms with Crippen molar-refractivity contribution in [2.45, 2.75) is 39.3 Å². The van der Waals surface area contributed by atoms with E-state index in [9.17, 15) is 9.59 Å². The quantitative estimate of drug-likeness (QED) is 0.731. The van der Waals surface area contributed by atoms with E-state index in [2.05, 4.69) is 5.32 Å². The maximum atomic E-state index is 11.9. The highest BCUT2D eigenvalue weighted by Crippen LogP contribution is 2.18. The molecule has 96 valence electrons. The van der Waals surface area contributed by atoms with Crippen molar-refractivity contribution in [3.8, 4) is 0 Å². The molecule has 1 aliphatic rings. The van der Waals surface area contributed by atoms with E-state index in [0.717, 1.165) is 0 Å². The highest BCUT2D eigenvalue weighted by molar-refractivity contribution is 5.76. The third-order valence-corrected chi connectivity index (χ3v) is 2.93. The molecule has 2 atom stereocenters. The minimum absolute atomic E-state index is 0.136. The molecule has 0 aromatic carbocycles. The van der Waals surface area contributed by atoms with Crippen molar-refractivity contribution in [1.82, 2.24) is 10.2 Å². The molecule has 5 nitrogen and oxygen atoms in total. The number of hydrogen-bond acceptors (Lipinski definition) is 2. The van der Waals surface area contributed by atoms with Gasteiger partial charge in [0.25, 0.3) is 0 Å². The first-order chi connectivity index (χ1) is 7.95. The van der Waals surface area contributed by atoms with Crippen LogP contribution in [0.1, 0.15) is 27.2 Å². The number of carbonyl (C=O) groups is 2. The summed E-state index contributed by atoms with van der Waals surface area (Å²) in [4.78, 5) is 24.3. The van der Waals surface area contributed by atoms with E-state index in [1.165, 1.54) is 0 Å². The minimum Gasteiger partial charge on any atom is -0.481 e. The van der Waals surface area contributed by atoms with Crippen LogP contribution in [0, 0.1) is 5.92 Å². The lowest BCUT2D eigenvalue weighted by Gasteiger charge is -2.27. The number of nitrogens with one attached hydrogen (secondary N) is 1. The van der Waals surface area contributed by atoms with Crippen molar-refractivity contribution in [2.75, 3.05) is 6.54 Å². The Balaban J connectivity index is 2.49. The number of hydrogen-bond donors (Lipinski definition) is 2. The van der Waals surface area contributed by atoms with Gasteiger partial charge in [-0.1, -0.05) is 12.2 Å². The van der Waals surface area contributed by atoms with E-state index in [1.807, 2.05) is 20.8 Å². The monoisotopic (exact) mass is 240 g/mol. The zero-order valence-corrected chi connectivity index (χ0v) is 10.5. The number of urea groups is 1. The molecule has 17 heavy (non-hydrogen) atoms. The molecule has 0 spiro atoms. The maximum absolute atomic E-state index is 11.9. The fraction of sp³-hybridized carbons (Fsp3) is 0.667. The molecular weight excluding hydrogens is 220 g/mol. The van der Waals surface area contributed by atoms with Crippen LogP contribution < -0.4 is 5.32 Å². The van der Waals surface area contributed by atoms with Gasteiger partial charge in [0.1, 0.15) is 0 Å². The standard InChI is InChI=1S/C12H20N2O3/c1-4-14(8(2)3)12(17)13-10-6-5-9(7-10)11(15)16/h5-6,8-10H,4,7H2,1-3H3,(H,13,17)(H,15,16). The SMILES string of the molecule is CCN(C(=O)NC1C=CC(C(=O)O)C1)C(C)C. The van der Waals surface area contributed by atoms with Crippen molar-refractivity contribution < 1.29 is 14.7 Å². The van der Waals surface area contributed by atoms with Crippen LogP contribution in [-0.2, 0) is 4.79 Å². The van der Waals surface area contributed by atoms with Gasteiger partial charge in [0.2, 0.25) is 0 Å². The van der Waals surface area contributed by atoms with Gasteiger partial charge in [-0.05, 0) is 27.2 Å². The fourth-order valence-corrected chi connectivity index (χ4v) is 1.97. The summed E-state index contributed by atoms with van der Waals surface area (Å²) in [5.74, 6) is -1.32. The predicted molar refractivity (Wildman–Crippen MR) is 64.7 cm³/mol. The summed E-state index contributed by atoms with van der Waals surface area (Å²) < 4.78 is 0. The van der Waals surface area contributed by atoms with Crippen LogP contribution in [0.5, 0.6) is 0 Å². The average Bonchev–Trinajstić information content (AvgIpc) is 2.66. The number of carbonyl (C=O) groups excluding carboxylic acids is 1. The summed E-state index contributed by atoms with van der Waals surface area (Å²) in [6, 6.07) is -0.166. The van der Waals surface area contributed by atoms with E-state index < -0.39 is 11.9 Å². The van der Waals surface area contributed by atoms with Gasteiger partial charge in [-0.3, -0.25) is 4.79 Å². The highest BCUT2D eigenvalue weighted by Gasteiger charge is 2.26. The Bertz CT molecular complexity index is 326. The molecule has 0 aromatic heterocycles. The zero-order chi connectivity index (χ0) is 13.0. The van der Waals surface area contributed by atoms with Crippen LogP contribution in [0.2, 0.25) is 0 Å². The maximum Gasteiger partial charge on any atom is 0.318 e. The van der Waals surface area contributed by atoms with Gasteiger partial charge in [-0.15, -0.1) is 0 Å². The van der Waals surface area contributed by atoms with Gasteiger partial charge < -0.3 is 15.3 Å². The topological polar surface area (TPSA) is 69.6 Å². The van der Waals surface area contributed by atoms with Crippen LogP contribution in [0.4, 0.5) is 4.79 Å². The zero-order valence-electron chi connectivity index (χ0n) is 10.5. The molecule has 2 N–H and O–H groups in total. The number of amides is 2. The Kier molecular flexibility index (Phi) is 4.54. The highest BCUT2D eigenvalue weighted by atomic mass is 16.4. The normalized spacial score (nSPS) is 22.8. The molecule has 5 heteroatoms. The van der Waals surface area contributed by atoms with Crippen molar-refractivity contribution in [3.05, 3.63) is 12.2 Å². The Hall–Kier alpha value is -1.52. The smallest absolute Gasteiger partial charge is 0.318 e. The Morgan fingerprint density at radius 1 is 1.47 bits per heavy atom. The summed E-state index contributed by atoms with van der Waals surface area (Å²) >= 11 is 0. The summed E-state index contributed by atoms with van der Waals surface area (Å²) in [5.41, 5.74) is 0. The Morgan fingerprint density at radius 2 is 2.12 bits per heavy atom. The lowest BCUT2D eigenvalue weighted by atomic mass is 10.1. The summed E-state index contributed by atoms with van der Waals surface area (Å²) in [6.07, 6.45) is 3.83. The van der Waals surface area contributed by atoms with Gasteiger partial charge in [-0.25, -0.2) is 4.79 Å². The van der Waals surface area contributed by atoms with Crippen LogP contribution in [0.15, 0.2) is 12.2 Å². The molecule has 2 amide bonds. The van der Waals surface area contributed by atoms with Crippen LogP contribution >= 0.6 is 0 Å². The molecule has 0 aliphatic heterocycles. The molecule has 0 saturated heterocycles. The van der Waals surface area contributed by atoms with Crippen molar-refractivity contribution in [1.29, 1.82) is 0 Å². The fourth-order valence-electron chi connectivity index (χ4n) is 1.97. The first kappa shape index (κ1) is 13.5. The molecule has 0 heterocycles. The van der Waals surface area contributed by atoms with Crippen molar-refractivity contribution >= 4 is 12.0 Å². The number of carboxylic acids is 1. The predicted octanol–water partition coefficient (Wildman–Crippen LogP) is 1.46. The number of aliphatic carboxylic acids is 1. The number of nitrogens with zero attached hydrogens (tertiary/aromatic N) is 1. The van der Waals surface area contributed by atoms with Crippen LogP contribution in [0.25, 0.3) is 0 Å². The van der Waals surface area contributed by atoms with Crippen LogP contribution in [-0.4, -0.2) is 40.6 Å². The van der Waals surface area contributed by atoms with Gasteiger partial charge >= 0.3 is 12.0 Å². The second-order valence-electron chi connectivity index (χ2n) is 4.50. The minimum atomic E-state index is -0.839. The lowest BCUT2D eigenvalue weighted by Crippen LogP contribution is -2.47. The molecule has 0 radical (unpaired) electrons. The molecule has 1 aliphatic carbocycles. The molecular formula is C12H20N2O3. The second-order valence-corrected chi connectivity index (χ2v) is 4.50. The molecule has 0 bridgehead atoms. The first-order valence-corrected chi connectivity index (χ1v) is 5.94. The third-order valence-electron chi connectivity index (χ3n) is 2.93. The summed E-state index contributed by atoms with van der Waals surface area (Å²) in [6.45, 7) is 6.47. The number of rotatable bonds is 4. The van der Waals surface area contributed by atoms with E-state index in [0.29, 0.717) is 13.0 Å². The van der Waals surface area contributed by atoms with Gasteiger partial charge in [0, 0.05) is 12.6 Å². The lowest BCUT2D eigenvalue weighted by molar-refractivity contribution is -0.140. The summed E-state index contributed by atoms with van der Waals surface area (Å²) in [5, 5.41) is 11.7. The first-order valence-electron chi connectivity index (χ1n) is 5.94. The molecule has 2 unspecified atom stereocenters. The van der Waals surface area contributed by atoms with E-state index in [4.69, 9.17) is 5.11 Å². The van der Waals surface area contributed by atoms with E-state index in [-0.39, 0.29) is 18.1 Å². The number of carboxylic acid groups (broad SMARTS) is 1. The van der Waals surface area contributed by atoms with E-state index in [1.54, 1.807) is 17.1 Å². The largest absolute Gasteiger partial charge is 0.481 e. The molecule has 0 saturated carbocycles. The third kappa shape index (κ3) is 3.47. The summed E-state index contributed by atoms with van der Waals surface area (Å²) in [7, 11) is 0. The Morgan fingerprint density at radius 3 is 2.53 bits per heavy atom. The molecule has 0 fully saturated rings. The van der Waals surface area contributed by atoms with Gasteiger partial charge in [0.05, 0.1) is 12.0 Å². The van der Waals surface area contributed by atoms with Crippen LogP contribution in [0.3, 0.4) is 0 Å². The second kappa shape index (κ2) is 5.70. The van der Waals surface area contributed by atoms with Crippen molar-refractivity contribution in [3.63, 3.8) is 0 Å². The molecule has 1 rings (SSSR count). The average molecular weight is 240 g/mol. The Labute approximate surface area is 101 Å². The van der Waals surface area contributed by atoms with Crippen molar-refractivity contribution in [2.24, 2.45) is 5.92 Å². The van der Waals surface area contributed by atoms with Gasteiger partial charge in [0.15, 0.2) is 0 Å². The molecule has 0 aromatic rings. The van der Waals surface area contributed by atoms with E-state index >= 15 is 0 Å².